The van der Waals surface area contributed by atoms with Crippen LogP contribution in [0, 0.1) is 13.8 Å². The Bertz CT molecular complexity index is 675. The van der Waals surface area contributed by atoms with Crippen molar-refractivity contribution in [2.24, 2.45) is 0 Å². The number of halogens is 3. The summed E-state index contributed by atoms with van der Waals surface area (Å²) < 4.78 is 37.4. The zero-order valence-electron chi connectivity index (χ0n) is 12.3. The van der Waals surface area contributed by atoms with Gasteiger partial charge in [-0.2, -0.15) is 13.2 Å². The number of alkyl halides is 3. The average Bonchev–Trinajstić information content (AvgIpc) is 2.43. The molecular formula is C17H16F3NO. The van der Waals surface area contributed by atoms with E-state index >= 15 is 0 Å². The summed E-state index contributed by atoms with van der Waals surface area (Å²) in [5.74, 6) is -0.256. The van der Waals surface area contributed by atoms with Crippen molar-refractivity contribution in [3.8, 4) is 0 Å². The highest BCUT2D eigenvalue weighted by atomic mass is 19.4. The molecular weight excluding hydrogens is 291 g/mol. The minimum absolute atomic E-state index is 0.0333. The molecule has 1 amide bonds. The maximum absolute atomic E-state index is 12.5. The second-order valence-electron chi connectivity index (χ2n) is 5.17. The Morgan fingerprint density at radius 1 is 1.05 bits per heavy atom. The highest BCUT2D eigenvalue weighted by Gasteiger charge is 2.29. The van der Waals surface area contributed by atoms with E-state index in [0.29, 0.717) is 5.56 Å². The molecule has 116 valence electrons. The Balaban J connectivity index is 2.05. The largest absolute Gasteiger partial charge is 0.416 e. The smallest absolute Gasteiger partial charge is 0.326 e. The van der Waals surface area contributed by atoms with Crippen LogP contribution in [0.4, 0.5) is 18.9 Å². The standard InChI is InChI=1S/C17H16F3NO/c1-11-4-3-5-15(12(11)2)21-16(22)10-13-6-8-14(9-7-13)17(18,19)20/h3-9H,10H2,1-2H3,(H,21,22). The zero-order chi connectivity index (χ0) is 16.3. The summed E-state index contributed by atoms with van der Waals surface area (Å²) >= 11 is 0. The first-order valence-electron chi connectivity index (χ1n) is 6.79. The molecule has 0 aliphatic carbocycles. The fourth-order valence-electron chi connectivity index (χ4n) is 2.08. The van der Waals surface area contributed by atoms with Gasteiger partial charge in [0, 0.05) is 5.69 Å². The summed E-state index contributed by atoms with van der Waals surface area (Å²) in [5, 5.41) is 2.78. The van der Waals surface area contributed by atoms with Crippen LogP contribution in [0.1, 0.15) is 22.3 Å². The van der Waals surface area contributed by atoms with Gasteiger partial charge in [-0.3, -0.25) is 4.79 Å². The van der Waals surface area contributed by atoms with Crippen molar-refractivity contribution in [1.82, 2.24) is 0 Å². The molecule has 0 saturated carbocycles. The third-order valence-electron chi connectivity index (χ3n) is 3.52. The number of aryl methyl sites for hydroxylation is 1. The highest BCUT2D eigenvalue weighted by Crippen LogP contribution is 2.29. The van der Waals surface area contributed by atoms with Crippen LogP contribution in [0.5, 0.6) is 0 Å². The Morgan fingerprint density at radius 2 is 1.68 bits per heavy atom. The molecule has 0 fully saturated rings. The molecule has 0 aliphatic heterocycles. The molecule has 2 aromatic carbocycles. The number of hydrogen-bond donors (Lipinski definition) is 1. The molecule has 0 heterocycles. The van der Waals surface area contributed by atoms with Crippen molar-refractivity contribution in [1.29, 1.82) is 0 Å². The Morgan fingerprint density at radius 3 is 2.27 bits per heavy atom. The lowest BCUT2D eigenvalue weighted by atomic mass is 10.1. The predicted molar refractivity (Wildman–Crippen MR) is 79.7 cm³/mol. The molecule has 1 N–H and O–H groups in total. The van der Waals surface area contributed by atoms with E-state index < -0.39 is 11.7 Å². The van der Waals surface area contributed by atoms with Gasteiger partial charge in [0.15, 0.2) is 0 Å². The number of rotatable bonds is 3. The second-order valence-corrected chi connectivity index (χ2v) is 5.17. The van der Waals surface area contributed by atoms with Crippen molar-refractivity contribution >= 4 is 11.6 Å². The van der Waals surface area contributed by atoms with Crippen LogP contribution in [0.3, 0.4) is 0 Å². The molecule has 0 aliphatic rings. The average molecular weight is 307 g/mol. The molecule has 2 rings (SSSR count). The monoisotopic (exact) mass is 307 g/mol. The molecule has 5 heteroatoms. The van der Waals surface area contributed by atoms with E-state index in [4.69, 9.17) is 0 Å². The fraction of sp³-hybridized carbons (Fsp3) is 0.235. The fourth-order valence-corrected chi connectivity index (χ4v) is 2.08. The lowest BCUT2D eigenvalue weighted by molar-refractivity contribution is -0.137. The Kier molecular flexibility index (Phi) is 4.54. The van der Waals surface area contributed by atoms with Gasteiger partial charge in [0.2, 0.25) is 5.91 Å². The number of amides is 1. The van der Waals surface area contributed by atoms with Gasteiger partial charge in [0.1, 0.15) is 0 Å². The number of carbonyl (C=O) groups is 1. The van der Waals surface area contributed by atoms with Crippen LogP contribution in [0.25, 0.3) is 0 Å². The summed E-state index contributed by atoms with van der Waals surface area (Å²) in [6.07, 6.45) is -4.33. The van der Waals surface area contributed by atoms with Crippen molar-refractivity contribution in [3.63, 3.8) is 0 Å². The molecule has 0 saturated heterocycles. The molecule has 0 bridgehead atoms. The lowest BCUT2D eigenvalue weighted by Gasteiger charge is -2.11. The summed E-state index contributed by atoms with van der Waals surface area (Å²) in [6.45, 7) is 3.85. The third-order valence-corrected chi connectivity index (χ3v) is 3.52. The van der Waals surface area contributed by atoms with Crippen molar-refractivity contribution in [3.05, 3.63) is 64.7 Å². The van der Waals surface area contributed by atoms with Crippen LogP contribution in [-0.2, 0) is 17.4 Å². The van der Waals surface area contributed by atoms with E-state index in [2.05, 4.69) is 5.32 Å². The second kappa shape index (κ2) is 6.22. The molecule has 0 spiro atoms. The van der Waals surface area contributed by atoms with Crippen LogP contribution in [0.15, 0.2) is 42.5 Å². The summed E-state index contributed by atoms with van der Waals surface area (Å²) in [5.41, 5.74) is 2.58. The molecule has 0 atom stereocenters. The van der Waals surface area contributed by atoms with Crippen LogP contribution < -0.4 is 5.32 Å². The van der Waals surface area contributed by atoms with E-state index in [0.717, 1.165) is 28.9 Å². The molecule has 2 nitrogen and oxygen atoms in total. The van der Waals surface area contributed by atoms with Gasteiger partial charge in [-0.25, -0.2) is 0 Å². The van der Waals surface area contributed by atoms with Crippen molar-refractivity contribution in [2.75, 3.05) is 5.32 Å². The summed E-state index contributed by atoms with van der Waals surface area (Å²) in [7, 11) is 0. The van der Waals surface area contributed by atoms with E-state index in [1.807, 2.05) is 26.0 Å². The number of nitrogens with one attached hydrogen (secondary N) is 1. The van der Waals surface area contributed by atoms with E-state index in [1.54, 1.807) is 6.07 Å². The van der Waals surface area contributed by atoms with Crippen LogP contribution >= 0.6 is 0 Å². The normalized spacial score (nSPS) is 11.3. The van der Waals surface area contributed by atoms with E-state index in [9.17, 15) is 18.0 Å². The van der Waals surface area contributed by atoms with E-state index in [-0.39, 0.29) is 12.3 Å². The molecule has 0 radical (unpaired) electrons. The van der Waals surface area contributed by atoms with Gasteiger partial charge in [-0.15, -0.1) is 0 Å². The third kappa shape index (κ3) is 3.87. The van der Waals surface area contributed by atoms with Crippen LogP contribution in [0.2, 0.25) is 0 Å². The highest BCUT2D eigenvalue weighted by molar-refractivity contribution is 5.93. The van der Waals surface area contributed by atoms with E-state index in [1.165, 1.54) is 12.1 Å². The number of carbonyl (C=O) groups excluding carboxylic acids is 1. The first-order valence-corrected chi connectivity index (χ1v) is 6.79. The van der Waals surface area contributed by atoms with Gasteiger partial charge in [-0.05, 0) is 48.7 Å². The first-order chi connectivity index (χ1) is 10.3. The van der Waals surface area contributed by atoms with Crippen LogP contribution in [-0.4, -0.2) is 5.91 Å². The Labute approximate surface area is 127 Å². The first kappa shape index (κ1) is 16.1. The van der Waals surface area contributed by atoms with Gasteiger partial charge < -0.3 is 5.32 Å². The number of hydrogen-bond acceptors (Lipinski definition) is 1. The maximum Gasteiger partial charge on any atom is 0.416 e. The SMILES string of the molecule is Cc1cccc(NC(=O)Cc2ccc(C(F)(F)F)cc2)c1C. The maximum atomic E-state index is 12.5. The summed E-state index contributed by atoms with van der Waals surface area (Å²) in [4.78, 5) is 12.0. The van der Waals surface area contributed by atoms with Crippen molar-refractivity contribution in [2.45, 2.75) is 26.4 Å². The lowest BCUT2D eigenvalue weighted by Crippen LogP contribution is -2.15. The minimum Gasteiger partial charge on any atom is -0.326 e. The van der Waals surface area contributed by atoms with Gasteiger partial charge in [0.05, 0.1) is 12.0 Å². The molecule has 2 aromatic rings. The van der Waals surface area contributed by atoms with Gasteiger partial charge in [0.25, 0.3) is 0 Å². The minimum atomic E-state index is -4.36. The number of benzene rings is 2. The summed E-state index contributed by atoms with van der Waals surface area (Å²) in [6, 6.07) is 10.2. The molecule has 0 aromatic heterocycles. The Hall–Kier alpha value is -2.30. The van der Waals surface area contributed by atoms with Gasteiger partial charge in [-0.1, -0.05) is 24.3 Å². The predicted octanol–water partition coefficient (Wildman–Crippen LogP) is 4.50. The molecule has 22 heavy (non-hydrogen) atoms. The molecule has 0 unspecified atom stereocenters. The number of anilines is 1. The topological polar surface area (TPSA) is 29.1 Å². The van der Waals surface area contributed by atoms with Crippen molar-refractivity contribution < 1.29 is 18.0 Å². The zero-order valence-corrected chi connectivity index (χ0v) is 12.3. The quantitative estimate of drug-likeness (QED) is 0.888. The van der Waals surface area contributed by atoms with Gasteiger partial charge >= 0.3 is 6.18 Å².